The smallest absolute Gasteiger partial charge is 0.229 e. The molecule has 2 atom stereocenters. The van der Waals surface area contributed by atoms with Crippen molar-refractivity contribution in [3.8, 4) is 0 Å². The topological polar surface area (TPSA) is 103 Å². The molecule has 1 saturated heterocycles. The van der Waals surface area contributed by atoms with Crippen molar-refractivity contribution in [2.75, 3.05) is 40.0 Å². The van der Waals surface area contributed by atoms with Crippen LogP contribution in [0, 0.1) is 5.41 Å². The van der Waals surface area contributed by atoms with Crippen LogP contribution in [0.25, 0.3) is 0 Å². The lowest BCUT2D eigenvalue weighted by Gasteiger charge is -2.25. The fourth-order valence-electron chi connectivity index (χ4n) is 1.80. The molecule has 0 aliphatic carbocycles. The van der Waals surface area contributed by atoms with Crippen LogP contribution in [-0.2, 0) is 19.1 Å². The monoisotopic (exact) mass is 273 g/mol. The van der Waals surface area contributed by atoms with Crippen LogP contribution in [0.2, 0.25) is 0 Å². The van der Waals surface area contributed by atoms with Crippen molar-refractivity contribution in [1.29, 1.82) is 0 Å². The van der Waals surface area contributed by atoms with Crippen molar-refractivity contribution in [1.82, 2.24) is 10.6 Å². The fourth-order valence-corrected chi connectivity index (χ4v) is 1.80. The minimum atomic E-state index is -0.702. The Labute approximate surface area is 113 Å². The molecule has 0 bridgehead atoms. The molecule has 1 aliphatic rings. The summed E-state index contributed by atoms with van der Waals surface area (Å²) < 4.78 is 10.0. The Hall–Kier alpha value is -1.18. The summed E-state index contributed by atoms with van der Waals surface area (Å²) in [6.45, 7) is 3.72. The van der Waals surface area contributed by atoms with E-state index in [2.05, 4.69) is 10.6 Å². The van der Waals surface area contributed by atoms with Crippen LogP contribution in [0.4, 0.5) is 0 Å². The number of amides is 2. The maximum Gasteiger partial charge on any atom is 0.229 e. The highest BCUT2D eigenvalue weighted by Gasteiger charge is 2.44. The van der Waals surface area contributed by atoms with Crippen LogP contribution in [-0.4, -0.2) is 57.9 Å². The van der Waals surface area contributed by atoms with E-state index in [1.807, 2.05) is 0 Å². The number of hydrogen-bond acceptors (Lipinski definition) is 5. The molecule has 7 heteroatoms. The quantitative estimate of drug-likeness (QED) is 0.496. The predicted octanol–water partition coefficient (Wildman–Crippen LogP) is -1.38. The number of nitrogens with two attached hydrogens (primary N) is 1. The molecule has 1 heterocycles. The molecule has 0 aromatic heterocycles. The summed E-state index contributed by atoms with van der Waals surface area (Å²) in [6, 6.07) is -0.303. The molecule has 0 spiro atoms. The summed E-state index contributed by atoms with van der Waals surface area (Å²) in [5, 5.41) is 5.41. The van der Waals surface area contributed by atoms with E-state index in [0.29, 0.717) is 32.9 Å². The van der Waals surface area contributed by atoms with Crippen molar-refractivity contribution in [2.24, 2.45) is 11.1 Å². The number of rotatable bonds is 7. The Morgan fingerprint density at radius 2 is 2.16 bits per heavy atom. The van der Waals surface area contributed by atoms with Crippen LogP contribution in [0.3, 0.4) is 0 Å². The van der Waals surface area contributed by atoms with Crippen LogP contribution >= 0.6 is 0 Å². The molecule has 0 aromatic carbocycles. The Kier molecular flexibility index (Phi) is 6.20. The lowest BCUT2D eigenvalue weighted by molar-refractivity contribution is -0.130. The first kappa shape index (κ1) is 15.9. The van der Waals surface area contributed by atoms with Crippen LogP contribution in [0.15, 0.2) is 0 Å². The molecular formula is C12H23N3O4. The third kappa shape index (κ3) is 4.45. The van der Waals surface area contributed by atoms with Crippen molar-refractivity contribution in [2.45, 2.75) is 19.4 Å². The Balaban J connectivity index is 2.22. The zero-order chi connectivity index (χ0) is 14.3. The standard InChI is InChI=1S/C12H23N3O4/c1-12(8-19-7-9(12)13)11(17)15-4-3-10(16)14-5-6-18-2/h9H,3-8,13H2,1-2H3,(H,14,16)(H,15,17). The molecular weight excluding hydrogens is 250 g/mol. The van der Waals surface area contributed by atoms with E-state index < -0.39 is 5.41 Å². The zero-order valence-corrected chi connectivity index (χ0v) is 11.5. The molecule has 0 saturated carbocycles. The van der Waals surface area contributed by atoms with Crippen molar-refractivity contribution in [3.63, 3.8) is 0 Å². The maximum atomic E-state index is 12.0. The molecule has 4 N–H and O–H groups in total. The van der Waals surface area contributed by atoms with E-state index in [1.165, 1.54) is 0 Å². The molecule has 110 valence electrons. The summed E-state index contributed by atoms with van der Waals surface area (Å²) >= 11 is 0. The van der Waals surface area contributed by atoms with Gasteiger partial charge >= 0.3 is 0 Å². The van der Waals surface area contributed by atoms with Gasteiger partial charge in [0.2, 0.25) is 11.8 Å². The Bertz CT molecular complexity index is 324. The molecule has 1 fully saturated rings. The number of carbonyl (C=O) groups excluding carboxylic acids is 2. The van der Waals surface area contributed by atoms with Crippen LogP contribution in [0.1, 0.15) is 13.3 Å². The van der Waals surface area contributed by atoms with Gasteiger partial charge in [0, 0.05) is 32.7 Å². The van der Waals surface area contributed by atoms with E-state index >= 15 is 0 Å². The molecule has 0 radical (unpaired) electrons. The number of carbonyl (C=O) groups is 2. The van der Waals surface area contributed by atoms with E-state index in [4.69, 9.17) is 15.2 Å². The Morgan fingerprint density at radius 3 is 2.74 bits per heavy atom. The normalized spacial score (nSPS) is 26.2. The summed E-state index contributed by atoms with van der Waals surface area (Å²) in [5.74, 6) is -0.281. The van der Waals surface area contributed by atoms with E-state index in [0.717, 1.165) is 0 Å². The highest BCUT2D eigenvalue weighted by Crippen LogP contribution is 2.26. The summed E-state index contributed by atoms with van der Waals surface area (Å²) in [5.41, 5.74) is 5.15. The van der Waals surface area contributed by atoms with Gasteiger partial charge in [-0.25, -0.2) is 0 Å². The van der Waals surface area contributed by atoms with Gasteiger partial charge in [0.05, 0.1) is 25.2 Å². The number of ether oxygens (including phenoxy) is 2. The minimum Gasteiger partial charge on any atom is -0.383 e. The van der Waals surface area contributed by atoms with Crippen molar-refractivity contribution in [3.05, 3.63) is 0 Å². The second-order valence-electron chi connectivity index (χ2n) is 4.89. The summed E-state index contributed by atoms with van der Waals surface area (Å²) in [4.78, 5) is 23.4. The highest BCUT2D eigenvalue weighted by molar-refractivity contribution is 5.84. The van der Waals surface area contributed by atoms with E-state index in [-0.39, 0.29) is 24.3 Å². The second kappa shape index (κ2) is 7.42. The highest BCUT2D eigenvalue weighted by atomic mass is 16.5. The molecule has 1 aliphatic heterocycles. The molecule has 19 heavy (non-hydrogen) atoms. The van der Waals surface area contributed by atoms with Gasteiger partial charge in [-0.15, -0.1) is 0 Å². The van der Waals surface area contributed by atoms with E-state index in [1.54, 1.807) is 14.0 Å². The number of nitrogens with one attached hydrogen (secondary N) is 2. The van der Waals surface area contributed by atoms with Gasteiger partial charge in [0.1, 0.15) is 0 Å². The first-order valence-corrected chi connectivity index (χ1v) is 6.38. The van der Waals surface area contributed by atoms with E-state index in [9.17, 15) is 9.59 Å². The van der Waals surface area contributed by atoms with Gasteiger partial charge in [0.25, 0.3) is 0 Å². The number of hydrogen-bond donors (Lipinski definition) is 3. The lowest BCUT2D eigenvalue weighted by Crippen LogP contribution is -2.50. The summed E-state index contributed by atoms with van der Waals surface area (Å²) in [7, 11) is 1.57. The van der Waals surface area contributed by atoms with Gasteiger partial charge in [-0.3, -0.25) is 9.59 Å². The zero-order valence-electron chi connectivity index (χ0n) is 11.5. The predicted molar refractivity (Wildman–Crippen MR) is 69.4 cm³/mol. The van der Waals surface area contributed by atoms with Gasteiger partial charge in [0.15, 0.2) is 0 Å². The van der Waals surface area contributed by atoms with Gasteiger partial charge in [-0.05, 0) is 6.92 Å². The molecule has 1 rings (SSSR count). The lowest BCUT2D eigenvalue weighted by atomic mass is 9.85. The first-order valence-electron chi connectivity index (χ1n) is 6.38. The van der Waals surface area contributed by atoms with Crippen LogP contribution in [0.5, 0.6) is 0 Å². The third-order valence-electron chi connectivity index (χ3n) is 3.30. The second-order valence-corrected chi connectivity index (χ2v) is 4.89. The van der Waals surface area contributed by atoms with Gasteiger partial charge < -0.3 is 25.8 Å². The van der Waals surface area contributed by atoms with Gasteiger partial charge in [-0.1, -0.05) is 0 Å². The molecule has 0 aromatic rings. The molecule has 2 amide bonds. The van der Waals surface area contributed by atoms with Crippen molar-refractivity contribution < 1.29 is 19.1 Å². The third-order valence-corrected chi connectivity index (χ3v) is 3.30. The molecule has 2 unspecified atom stereocenters. The first-order chi connectivity index (χ1) is 9.00. The average molecular weight is 273 g/mol. The number of methoxy groups -OCH3 is 1. The SMILES string of the molecule is COCCNC(=O)CCNC(=O)C1(C)COCC1N. The summed E-state index contributed by atoms with van der Waals surface area (Å²) in [6.07, 6.45) is 0.238. The largest absolute Gasteiger partial charge is 0.383 e. The van der Waals surface area contributed by atoms with Crippen molar-refractivity contribution >= 4 is 11.8 Å². The minimum absolute atomic E-state index is 0.116. The average Bonchev–Trinajstić information content (AvgIpc) is 2.71. The van der Waals surface area contributed by atoms with Crippen LogP contribution < -0.4 is 16.4 Å². The maximum absolute atomic E-state index is 12.0. The Morgan fingerprint density at radius 1 is 1.42 bits per heavy atom. The fraction of sp³-hybridized carbons (Fsp3) is 0.833. The molecule has 7 nitrogen and oxygen atoms in total. The van der Waals surface area contributed by atoms with Gasteiger partial charge in [-0.2, -0.15) is 0 Å².